The van der Waals surface area contributed by atoms with Gasteiger partial charge in [0, 0.05) is 15.9 Å². The Morgan fingerprint density at radius 2 is 1.71 bits per heavy atom. The second-order valence-electron chi connectivity index (χ2n) is 6.16. The molecule has 0 spiro atoms. The summed E-state index contributed by atoms with van der Waals surface area (Å²) in [6.45, 7) is 1.88. The fourth-order valence-corrected chi connectivity index (χ4v) is 6.14. The second-order valence-corrected chi connectivity index (χ2v) is 8.27. The van der Waals surface area contributed by atoms with Crippen LogP contribution in [0.3, 0.4) is 0 Å². The summed E-state index contributed by atoms with van der Waals surface area (Å²) in [4.78, 5) is 31.8. The molecular formula is C15H14Br2N2O2. The van der Waals surface area contributed by atoms with Crippen LogP contribution >= 0.6 is 31.9 Å². The molecule has 2 aliphatic carbocycles. The zero-order valence-corrected chi connectivity index (χ0v) is 14.5. The van der Waals surface area contributed by atoms with Crippen LogP contribution in [-0.4, -0.2) is 26.5 Å². The number of halogens is 2. The average Bonchev–Trinajstić information content (AvgIpc) is 3.06. The molecule has 2 saturated carbocycles. The molecule has 21 heavy (non-hydrogen) atoms. The summed E-state index contributed by atoms with van der Waals surface area (Å²) in [7, 11) is 0. The topological polar surface area (TPSA) is 50.3 Å². The van der Waals surface area contributed by atoms with Gasteiger partial charge in [0.2, 0.25) is 11.8 Å². The number of hydrogen-bond donors (Lipinski definition) is 0. The van der Waals surface area contributed by atoms with E-state index in [0.29, 0.717) is 5.82 Å². The molecule has 3 aliphatic rings. The standard InChI is InChI=1S/C15H14Br2N2O2/c1-6-3-2-4-18-13(6)19-14(20)9-7-5-8(10(9)15(19)21)12(17)11(7)16/h2-4,7-12H,5H2,1H3/t7-,8+,9-,10+,11-,12+. The zero-order valence-electron chi connectivity index (χ0n) is 11.4. The maximum Gasteiger partial charge on any atom is 0.239 e. The maximum atomic E-state index is 12.8. The molecule has 0 N–H and O–H groups in total. The fourth-order valence-electron chi connectivity index (χ4n) is 4.27. The monoisotopic (exact) mass is 412 g/mol. The van der Waals surface area contributed by atoms with Gasteiger partial charge in [0.05, 0.1) is 11.8 Å². The van der Waals surface area contributed by atoms with Crippen LogP contribution in [0.25, 0.3) is 0 Å². The number of aromatic nitrogens is 1. The Morgan fingerprint density at radius 1 is 1.14 bits per heavy atom. The lowest BCUT2D eigenvalue weighted by Gasteiger charge is -2.28. The number of aryl methyl sites for hydroxylation is 1. The number of fused-ring (bicyclic) bond motifs is 5. The number of carbonyl (C=O) groups excluding carboxylic acids is 2. The van der Waals surface area contributed by atoms with Crippen LogP contribution in [-0.2, 0) is 9.59 Å². The molecule has 4 nitrogen and oxygen atoms in total. The smallest absolute Gasteiger partial charge is 0.239 e. The van der Waals surface area contributed by atoms with Crippen LogP contribution in [0, 0.1) is 30.6 Å². The van der Waals surface area contributed by atoms with Crippen LogP contribution in [0.5, 0.6) is 0 Å². The summed E-state index contributed by atoms with van der Waals surface area (Å²) in [5.74, 6) is 0.499. The van der Waals surface area contributed by atoms with E-state index in [9.17, 15) is 9.59 Å². The Labute approximate surface area is 139 Å². The van der Waals surface area contributed by atoms with Gasteiger partial charge in [0.25, 0.3) is 0 Å². The minimum atomic E-state index is -0.179. The summed E-state index contributed by atoms with van der Waals surface area (Å²) in [6.07, 6.45) is 2.58. The SMILES string of the molecule is Cc1cccnc1N1C(=O)[C@@H]2[C@H]3C[C@H]([C@H](Br)[C@@H]3Br)[C@@H]2C1=O. The Hall–Kier alpha value is -0.750. The molecule has 1 aliphatic heterocycles. The molecule has 1 aromatic rings. The van der Waals surface area contributed by atoms with Crippen molar-refractivity contribution in [3.05, 3.63) is 23.9 Å². The lowest BCUT2D eigenvalue weighted by molar-refractivity contribution is -0.123. The van der Waals surface area contributed by atoms with Gasteiger partial charge < -0.3 is 0 Å². The number of rotatable bonds is 1. The highest BCUT2D eigenvalue weighted by atomic mass is 79.9. The molecule has 1 saturated heterocycles. The van der Waals surface area contributed by atoms with Gasteiger partial charge in [-0.05, 0) is 36.8 Å². The number of hydrogen-bond acceptors (Lipinski definition) is 3. The Morgan fingerprint density at radius 3 is 2.24 bits per heavy atom. The van der Waals surface area contributed by atoms with Crippen molar-refractivity contribution in [3.63, 3.8) is 0 Å². The molecule has 6 atom stereocenters. The van der Waals surface area contributed by atoms with Crippen LogP contribution in [0.15, 0.2) is 18.3 Å². The molecule has 6 heteroatoms. The number of anilines is 1. The van der Waals surface area contributed by atoms with Crippen LogP contribution in [0.4, 0.5) is 5.82 Å². The molecule has 2 heterocycles. The van der Waals surface area contributed by atoms with Gasteiger partial charge in [0.1, 0.15) is 5.82 Å². The normalized spacial score (nSPS) is 41.0. The lowest BCUT2D eigenvalue weighted by Crippen LogP contribution is -2.37. The molecule has 2 bridgehead atoms. The first-order valence-corrected chi connectivity index (χ1v) is 8.93. The van der Waals surface area contributed by atoms with E-state index in [1.165, 1.54) is 4.90 Å². The quantitative estimate of drug-likeness (QED) is 0.525. The van der Waals surface area contributed by atoms with Crippen molar-refractivity contribution >= 4 is 49.5 Å². The summed E-state index contributed by atoms with van der Waals surface area (Å²) in [5, 5.41) is 0. The first-order valence-electron chi connectivity index (χ1n) is 7.10. The van der Waals surface area contributed by atoms with E-state index < -0.39 is 0 Å². The third-order valence-electron chi connectivity index (χ3n) is 5.18. The third kappa shape index (κ3) is 1.69. The van der Waals surface area contributed by atoms with Gasteiger partial charge >= 0.3 is 0 Å². The minimum absolute atomic E-state index is 0.0665. The number of carbonyl (C=O) groups is 2. The molecule has 2 amide bonds. The van der Waals surface area contributed by atoms with Crippen molar-refractivity contribution in [2.45, 2.75) is 23.0 Å². The second kappa shape index (κ2) is 4.62. The highest BCUT2D eigenvalue weighted by Gasteiger charge is 2.66. The summed E-state index contributed by atoms with van der Waals surface area (Å²) < 4.78 is 0. The first kappa shape index (κ1) is 13.9. The highest BCUT2D eigenvalue weighted by Crippen LogP contribution is 2.60. The van der Waals surface area contributed by atoms with Crippen molar-refractivity contribution in [1.29, 1.82) is 0 Å². The van der Waals surface area contributed by atoms with Crippen LogP contribution in [0.2, 0.25) is 0 Å². The van der Waals surface area contributed by atoms with E-state index in [1.807, 2.05) is 19.1 Å². The third-order valence-corrected chi connectivity index (χ3v) is 8.39. The predicted octanol–water partition coefficient (Wildman–Crippen LogP) is 2.67. The number of amides is 2. The maximum absolute atomic E-state index is 12.8. The van der Waals surface area contributed by atoms with Gasteiger partial charge in [0.15, 0.2) is 0 Å². The molecular weight excluding hydrogens is 400 g/mol. The number of nitrogens with zero attached hydrogens (tertiary/aromatic N) is 2. The van der Waals surface area contributed by atoms with Gasteiger partial charge in [-0.1, -0.05) is 37.9 Å². The zero-order chi connectivity index (χ0) is 14.9. The fraction of sp³-hybridized carbons (Fsp3) is 0.533. The van der Waals surface area contributed by atoms with E-state index >= 15 is 0 Å². The van der Waals surface area contributed by atoms with Gasteiger partial charge in [-0.3, -0.25) is 9.59 Å². The summed E-state index contributed by atoms with van der Waals surface area (Å²) >= 11 is 7.38. The lowest BCUT2D eigenvalue weighted by atomic mass is 9.81. The first-order chi connectivity index (χ1) is 10.0. The molecule has 110 valence electrons. The Bertz CT molecular complexity index is 618. The van der Waals surface area contributed by atoms with E-state index in [4.69, 9.17) is 0 Å². The minimum Gasteiger partial charge on any atom is -0.274 e. The number of pyridine rings is 1. The van der Waals surface area contributed by atoms with E-state index in [-0.39, 0.29) is 45.1 Å². The number of imide groups is 1. The molecule has 1 aromatic heterocycles. The molecule has 0 aromatic carbocycles. The predicted molar refractivity (Wildman–Crippen MR) is 85.5 cm³/mol. The Balaban J connectivity index is 1.77. The van der Waals surface area contributed by atoms with Gasteiger partial charge in [-0.2, -0.15) is 0 Å². The van der Waals surface area contributed by atoms with Crippen LogP contribution < -0.4 is 4.90 Å². The van der Waals surface area contributed by atoms with Crippen molar-refractivity contribution in [2.24, 2.45) is 23.7 Å². The van der Waals surface area contributed by atoms with Gasteiger partial charge in [-0.15, -0.1) is 0 Å². The van der Waals surface area contributed by atoms with E-state index in [1.54, 1.807) is 6.20 Å². The van der Waals surface area contributed by atoms with Crippen molar-refractivity contribution in [3.8, 4) is 0 Å². The summed E-state index contributed by atoms with van der Waals surface area (Å²) in [6, 6.07) is 3.70. The molecule has 4 rings (SSSR count). The Kier molecular flexibility index (Phi) is 3.05. The molecule has 0 unspecified atom stereocenters. The molecule has 0 radical (unpaired) electrons. The van der Waals surface area contributed by atoms with E-state index in [2.05, 4.69) is 36.8 Å². The van der Waals surface area contributed by atoms with Crippen molar-refractivity contribution in [2.75, 3.05) is 4.90 Å². The van der Waals surface area contributed by atoms with Crippen molar-refractivity contribution < 1.29 is 9.59 Å². The molecule has 3 fully saturated rings. The summed E-state index contributed by atoms with van der Waals surface area (Å²) in [5.41, 5.74) is 0.859. The van der Waals surface area contributed by atoms with Crippen molar-refractivity contribution in [1.82, 2.24) is 4.98 Å². The van der Waals surface area contributed by atoms with E-state index in [0.717, 1.165) is 12.0 Å². The number of alkyl halides is 2. The van der Waals surface area contributed by atoms with Gasteiger partial charge in [-0.25, -0.2) is 9.88 Å². The largest absolute Gasteiger partial charge is 0.274 e. The average molecular weight is 414 g/mol. The highest BCUT2D eigenvalue weighted by molar-refractivity contribution is 9.12. The van der Waals surface area contributed by atoms with Crippen LogP contribution in [0.1, 0.15) is 12.0 Å².